The van der Waals surface area contributed by atoms with Crippen LogP contribution in [0.15, 0.2) is 12.1 Å². The van der Waals surface area contributed by atoms with Crippen molar-refractivity contribution in [1.29, 1.82) is 0 Å². The molecular formula is C10H11Cl2FO2S. The van der Waals surface area contributed by atoms with Gasteiger partial charge in [0, 0.05) is 5.56 Å². The minimum atomic E-state index is -1.24. The molecule has 0 saturated heterocycles. The first-order valence-corrected chi connectivity index (χ1v) is 5.97. The van der Waals surface area contributed by atoms with E-state index in [0.29, 0.717) is 5.75 Å². The van der Waals surface area contributed by atoms with E-state index in [9.17, 15) is 14.6 Å². The first-order chi connectivity index (χ1) is 7.47. The standard InChI is InChI=1S/C10H11Cl2FO2S/c11-6-3-5(13)4-7(12)9(6)10(15)8(14)1-2-16/h3-4,8,10,14-16H,1-2H2. The molecule has 2 nitrogen and oxygen atoms in total. The van der Waals surface area contributed by atoms with Gasteiger partial charge >= 0.3 is 0 Å². The summed E-state index contributed by atoms with van der Waals surface area (Å²) in [6.07, 6.45) is -1.99. The summed E-state index contributed by atoms with van der Waals surface area (Å²) in [7, 11) is 0. The van der Waals surface area contributed by atoms with Crippen LogP contribution in [0, 0.1) is 5.82 Å². The van der Waals surface area contributed by atoms with Crippen molar-refractivity contribution in [3.8, 4) is 0 Å². The number of thiol groups is 1. The number of benzene rings is 1. The first kappa shape index (κ1) is 14.1. The molecule has 0 radical (unpaired) electrons. The Morgan fingerprint density at radius 3 is 2.19 bits per heavy atom. The topological polar surface area (TPSA) is 40.5 Å². The highest BCUT2D eigenvalue weighted by Crippen LogP contribution is 2.33. The molecule has 6 heteroatoms. The Labute approximate surface area is 108 Å². The molecule has 1 rings (SSSR count). The summed E-state index contributed by atoms with van der Waals surface area (Å²) in [6.45, 7) is 0. The van der Waals surface area contributed by atoms with Crippen LogP contribution in [-0.4, -0.2) is 22.1 Å². The van der Waals surface area contributed by atoms with E-state index in [1.165, 1.54) is 0 Å². The predicted molar refractivity (Wildman–Crippen MR) is 65.9 cm³/mol. The zero-order valence-electron chi connectivity index (χ0n) is 8.20. The van der Waals surface area contributed by atoms with Crippen LogP contribution in [-0.2, 0) is 0 Å². The molecule has 0 aliphatic heterocycles. The Morgan fingerprint density at radius 2 is 1.75 bits per heavy atom. The Kier molecular flexibility index (Phi) is 5.34. The summed E-state index contributed by atoms with van der Waals surface area (Å²) < 4.78 is 12.9. The third-order valence-electron chi connectivity index (χ3n) is 2.13. The molecule has 0 aromatic heterocycles. The van der Waals surface area contributed by atoms with E-state index in [0.717, 1.165) is 12.1 Å². The van der Waals surface area contributed by atoms with Crippen molar-refractivity contribution in [2.75, 3.05) is 5.75 Å². The second-order valence-electron chi connectivity index (χ2n) is 3.31. The minimum absolute atomic E-state index is 0.00397. The lowest BCUT2D eigenvalue weighted by Gasteiger charge is -2.19. The monoisotopic (exact) mass is 284 g/mol. The smallest absolute Gasteiger partial charge is 0.126 e. The van der Waals surface area contributed by atoms with Gasteiger partial charge in [-0.25, -0.2) is 4.39 Å². The largest absolute Gasteiger partial charge is 0.390 e. The first-order valence-electron chi connectivity index (χ1n) is 4.58. The average molecular weight is 285 g/mol. The maximum Gasteiger partial charge on any atom is 0.126 e. The van der Waals surface area contributed by atoms with Crippen molar-refractivity contribution in [1.82, 2.24) is 0 Å². The molecule has 2 N–H and O–H groups in total. The van der Waals surface area contributed by atoms with Gasteiger partial charge in [-0.05, 0) is 24.3 Å². The molecule has 16 heavy (non-hydrogen) atoms. The van der Waals surface area contributed by atoms with Crippen LogP contribution < -0.4 is 0 Å². The normalized spacial score (nSPS) is 14.9. The molecule has 0 aliphatic carbocycles. The third kappa shape index (κ3) is 3.25. The van der Waals surface area contributed by atoms with E-state index >= 15 is 0 Å². The van der Waals surface area contributed by atoms with Crippen LogP contribution in [0.4, 0.5) is 4.39 Å². The Balaban J connectivity index is 3.03. The number of hydrogen-bond acceptors (Lipinski definition) is 3. The van der Waals surface area contributed by atoms with E-state index in [-0.39, 0.29) is 22.0 Å². The van der Waals surface area contributed by atoms with Crippen LogP contribution in [0.1, 0.15) is 18.1 Å². The van der Waals surface area contributed by atoms with Crippen LogP contribution in [0.5, 0.6) is 0 Å². The average Bonchev–Trinajstić information content (AvgIpc) is 2.16. The number of aliphatic hydroxyl groups excluding tert-OH is 2. The van der Waals surface area contributed by atoms with Crippen LogP contribution in [0.3, 0.4) is 0 Å². The molecule has 2 unspecified atom stereocenters. The fourth-order valence-corrected chi connectivity index (χ4v) is 2.27. The Hall–Kier alpha value is -0.0000000000000000555. The number of halogens is 3. The van der Waals surface area contributed by atoms with Gasteiger partial charge in [-0.1, -0.05) is 23.2 Å². The zero-order valence-corrected chi connectivity index (χ0v) is 10.6. The van der Waals surface area contributed by atoms with Crippen molar-refractivity contribution in [3.05, 3.63) is 33.6 Å². The quantitative estimate of drug-likeness (QED) is 0.744. The van der Waals surface area contributed by atoms with Gasteiger partial charge in [0.15, 0.2) is 0 Å². The number of aliphatic hydroxyl groups is 2. The van der Waals surface area contributed by atoms with Gasteiger partial charge in [0.25, 0.3) is 0 Å². The van der Waals surface area contributed by atoms with Crippen molar-refractivity contribution >= 4 is 35.8 Å². The summed E-state index contributed by atoms with van der Waals surface area (Å²) in [4.78, 5) is 0. The number of rotatable bonds is 4. The van der Waals surface area contributed by atoms with Crippen LogP contribution in [0.2, 0.25) is 10.0 Å². The SMILES string of the molecule is OC(CCS)C(O)c1c(Cl)cc(F)cc1Cl. The summed E-state index contributed by atoms with van der Waals surface area (Å²) in [5.41, 5.74) is 0.138. The van der Waals surface area contributed by atoms with Crippen molar-refractivity contribution < 1.29 is 14.6 Å². The van der Waals surface area contributed by atoms with Gasteiger partial charge in [0.1, 0.15) is 11.9 Å². The molecule has 0 amide bonds. The van der Waals surface area contributed by atoms with Gasteiger partial charge < -0.3 is 10.2 Å². The van der Waals surface area contributed by atoms with Crippen molar-refractivity contribution in [3.63, 3.8) is 0 Å². The van der Waals surface area contributed by atoms with Gasteiger partial charge in [0.2, 0.25) is 0 Å². The highest BCUT2D eigenvalue weighted by atomic mass is 35.5. The van der Waals surface area contributed by atoms with E-state index in [2.05, 4.69) is 12.6 Å². The van der Waals surface area contributed by atoms with E-state index in [1.54, 1.807) is 0 Å². The maximum absolute atomic E-state index is 12.9. The van der Waals surface area contributed by atoms with Gasteiger partial charge in [0.05, 0.1) is 16.1 Å². The second kappa shape index (κ2) is 6.07. The van der Waals surface area contributed by atoms with E-state index < -0.39 is 18.0 Å². The van der Waals surface area contributed by atoms with Gasteiger partial charge in [-0.2, -0.15) is 12.6 Å². The molecule has 1 aromatic rings. The van der Waals surface area contributed by atoms with Gasteiger partial charge in [-0.15, -0.1) is 0 Å². The fraction of sp³-hybridized carbons (Fsp3) is 0.400. The lowest BCUT2D eigenvalue weighted by Crippen LogP contribution is -2.19. The lowest BCUT2D eigenvalue weighted by molar-refractivity contribution is 0.0173. The maximum atomic E-state index is 12.9. The van der Waals surface area contributed by atoms with Crippen molar-refractivity contribution in [2.24, 2.45) is 0 Å². The molecule has 0 heterocycles. The molecule has 0 spiro atoms. The predicted octanol–water partition coefficient (Wildman–Crippen LogP) is 2.85. The fourth-order valence-electron chi connectivity index (χ4n) is 1.32. The molecule has 0 aliphatic rings. The summed E-state index contributed by atoms with van der Waals surface area (Å²) in [6, 6.07) is 2.08. The van der Waals surface area contributed by atoms with E-state index in [4.69, 9.17) is 23.2 Å². The summed E-state index contributed by atoms with van der Waals surface area (Å²) >= 11 is 15.5. The molecule has 0 fully saturated rings. The highest BCUT2D eigenvalue weighted by Gasteiger charge is 2.23. The molecule has 0 bridgehead atoms. The molecule has 1 aromatic carbocycles. The van der Waals surface area contributed by atoms with Gasteiger partial charge in [-0.3, -0.25) is 0 Å². The minimum Gasteiger partial charge on any atom is -0.390 e. The number of hydrogen-bond donors (Lipinski definition) is 3. The Bertz CT molecular complexity index is 353. The Morgan fingerprint density at radius 1 is 1.25 bits per heavy atom. The molecule has 0 saturated carbocycles. The molecule has 2 atom stereocenters. The lowest BCUT2D eigenvalue weighted by atomic mass is 10.0. The van der Waals surface area contributed by atoms with Crippen LogP contribution in [0.25, 0.3) is 0 Å². The van der Waals surface area contributed by atoms with Crippen LogP contribution >= 0.6 is 35.8 Å². The molecule has 90 valence electrons. The second-order valence-corrected chi connectivity index (χ2v) is 4.57. The highest BCUT2D eigenvalue weighted by molar-refractivity contribution is 7.80. The zero-order chi connectivity index (χ0) is 12.3. The third-order valence-corrected chi connectivity index (χ3v) is 3.01. The van der Waals surface area contributed by atoms with Crippen molar-refractivity contribution in [2.45, 2.75) is 18.6 Å². The molecular weight excluding hydrogens is 274 g/mol. The van der Waals surface area contributed by atoms with E-state index in [1.807, 2.05) is 0 Å². The summed E-state index contributed by atoms with van der Waals surface area (Å²) in [5.74, 6) is -0.177. The summed E-state index contributed by atoms with van der Waals surface area (Å²) in [5, 5.41) is 19.4.